The average Bonchev–Trinajstić information content (AvgIpc) is 3.24. The van der Waals surface area contributed by atoms with Crippen LogP contribution in [0.15, 0.2) is 12.3 Å². The number of nitrogens with one attached hydrogen (secondary N) is 3. The molecule has 1 aliphatic rings. The van der Waals surface area contributed by atoms with E-state index in [1.54, 1.807) is 0 Å². The van der Waals surface area contributed by atoms with Crippen LogP contribution in [0.2, 0.25) is 0 Å². The molecule has 3 N–H and O–H groups in total. The van der Waals surface area contributed by atoms with Crippen LogP contribution in [-0.2, 0) is 5.41 Å². The second kappa shape index (κ2) is 6.52. The minimum Gasteiger partial charge on any atom is -0.364 e. The van der Waals surface area contributed by atoms with E-state index in [9.17, 15) is 4.79 Å². The minimum absolute atomic E-state index is 0.0385. The van der Waals surface area contributed by atoms with E-state index < -0.39 is 0 Å². The van der Waals surface area contributed by atoms with Gasteiger partial charge in [-0.25, -0.2) is 0 Å². The highest BCUT2D eigenvalue weighted by molar-refractivity contribution is 5.95. The van der Waals surface area contributed by atoms with Crippen molar-refractivity contribution < 1.29 is 4.79 Å². The maximum Gasteiger partial charge on any atom is 0.253 e. The number of nitrogens with zero attached hydrogens (tertiary/aromatic N) is 3. The van der Waals surface area contributed by atoms with Crippen LogP contribution in [-0.4, -0.2) is 38.1 Å². The lowest BCUT2D eigenvalue weighted by Crippen LogP contribution is -2.43. The zero-order valence-corrected chi connectivity index (χ0v) is 13.7. The van der Waals surface area contributed by atoms with E-state index >= 15 is 0 Å². The molecule has 1 fully saturated rings. The predicted molar refractivity (Wildman–Crippen MR) is 86.2 cm³/mol. The molecule has 7 nitrogen and oxygen atoms in total. The second-order valence-electron chi connectivity index (χ2n) is 6.72. The first-order valence-corrected chi connectivity index (χ1v) is 8.32. The van der Waals surface area contributed by atoms with Crippen LogP contribution in [0.5, 0.6) is 0 Å². The fourth-order valence-corrected chi connectivity index (χ4v) is 3.50. The summed E-state index contributed by atoms with van der Waals surface area (Å²) in [6.07, 6.45) is 7.27. The first-order valence-electron chi connectivity index (χ1n) is 8.32. The third kappa shape index (κ3) is 3.13. The van der Waals surface area contributed by atoms with E-state index in [1.165, 1.54) is 6.42 Å². The van der Waals surface area contributed by atoms with Gasteiger partial charge in [0.05, 0.1) is 11.0 Å². The van der Waals surface area contributed by atoms with Gasteiger partial charge >= 0.3 is 0 Å². The van der Waals surface area contributed by atoms with E-state index in [-0.39, 0.29) is 17.2 Å². The summed E-state index contributed by atoms with van der Waals surface area (Å²) in [6, 6.07) is 1.84. The quantitative estimate of drug-likeness (QED) is 0.788. The van der Waals surface area contributed by atoms with Gasteiger partial charge in [0, 0.05) is 18.4 Å². The van der Waals surface area contributed by atoms with Crippen molar-refractivity contribution in [3.63, 3.8) is 0 Å². The zero-order chi connectivity index (χ0) is 16.3. The van der Waals surface area contributed by atoms with Crippen molar-refractivity contribution in [1.82, 2.24) is 30.9 Å². The highest BCUT2D eigenvalue weighted by Crippen LogP contribution is 2.37. The lowest BCUT2D eigenvalue weighted by molar-refractivity contribution is 0.0934. The standard InChI is InChI=1S/C16H24N6O/c1-11(2)13-12(6-9-17-13)14(23)18-10-16(7-4-3-5-8-16)15-19-21-22-20-15/h6,9,11,17H,3-5,7-8,10H2,1-2H3,(H,18,23)(H,19,20,21,22). The summed E-state index contributed by atoms with van der Waals surface area (Å²) in [5.74, 6) is 0.964. The summed E-state index contributed by atoms with van der Waals surface area (Å²) in [7, 11) is 0. The van der Waals surface area contributed by atoms with Crippen molar-refractivity contribution >= 4 is 5.91 Å². The Morgan fingerprint density at radius 3 is 2.78 bits per heavy atom. The number of amides is 1. The molecule has 1 aliphatic carbocycles. The monoisotopic (exact) mass is 316 g/mol. The molecule has 0 saturated heterocycles. The van der Waals surface area contributed by atoms with Gasteiger partial charge in [-0.05, 0) is 24.8 Å². The average molecular weight is 316 g/mol. The molecule has 0 spiro atoms. The summed E-state index contributed by atoms with van der Waals surface area (Å²) in [5, 5.41) is 17.7. The Kier molecular flexibility index (Phi) is 4.45. The Labute approximate surface area is 135 Å². The molecule has 0 atom stereocenters. The number of aromatic nitrogens is 5. The summed E-state index contributed by atoms with van der Waals surface area (Å²) in [4.78, 5) is 15.8. The van der Waals surface area contributed by atoms with Gasteiger partial charge in [0.2, 0.25) is 0 Å². The minimum atomic E-state index is -0.199. The van der Waals surface area contributed by atoms with Gasteiger partial charge in [-0.2, -0.15) is 5.21 Å². The second-order valence-corrected chi connectivity index (χ2v) is 6.72. The van der Waals surface area contributed by atoms with Crippen molar-refractivity contribution in [2.45, 2.75) is 57.3 Å². The topological polar surface area (TPSA) is 99.4 Å². The Balaban J connectivity index is 1.74. The molecule has 2 heterocycles. The number of hydrogen-bond acceptors (Lipinski definition) is 4. The van der Waals surface area contributed by atoms with Gasteiger partial charge in [0.15, 0.2) is 5.82 Å². The third-order valence-electron chi connectivity index (χ3n) is 4.82. The van der Waals surface area contributed by atoms with E-state index in [2.05, 4.69) is 44.8 Å². The van der Waals surface area contributed by atoms with Crippen LogP contribution in [0.3, 0.4) is 0 Å². The van der Waals surface area contributed by atoms with Gasteiger partial charge in [0.1, 0.15) is 0 Å². The largest absolute Gasteiger partial charge is 0.364 e. The molecule has 1 amide bonds. The van der Waals surface area contributed by atoms with Crippen molar-refractivity contribution in [1.29, 1.82) is 0 Å². The van der Waals surface area contributed by atoms with Crippen LogP contribution in [0, 0.1) is 0 Å². The van der Waals surface area contributed by atoms with Crippen LogP contribution >= 0.6 is 0 Å². The molecule has 7 heteroatoms. The molecule has 0 unspecified atom stereocenters. The fraction of sp³-hybridized carbons (Fsp3) is 0.625. The fourth-order valence-electron chi connectivity index (χ4n) is 3.50. The molecular formula is C16H24N6O. The number of hydrogen-bond donors (Lipinski definition) is 3. The van der Waals surface area contributed by atoms with Gasteiger partial charge in [-0.3, -0.25) is 4.79 Å². The van der Waals surface area contributed by atoms with E-state index in [0.717, 1.165) is 42.8 Å². The van der Waals surface area contributed by atoms with Crippen LogP contribution in [0.4, 0.5) is 0 Å². The summed E-state index contributed by atoms with van der Waals surface area (Å²) in [5.41, 5.74) is 1.49. The van der Waals surface area contributed by atoms with Crippen molar-refractivity contribution in [3.05, 3.63) is 29.3 Å². The number of rotatable bonds is 5. The van der Waals surface area contributed by atoms with Gasteiger partial charge in [-0.1, -0.05) is 38.3 Å². The molecule has 0 aliphatic heterocycles. The molecular weight excluding hydrogens is 292 g/mol. The molecule has 124 valence electrons. The number of carbonyl (C=O) groups excluding carboxylic acids is 1. The lowest BCUT2D eigenvalue weighted by Gasteiger charge is -2.34. The Hall–Kier alpha value is -2.18. The molecule has 2 aromatic rings. The van der Waals surface area contributed by atoms with E-state index in [4.69, 9.17) is 0 Å². The maximum absolute atomic E-state index is 12.6. The molecule has 2 aromatic heterocycles. The molecule has 23 heavy (non-hydrogen) atoms. The molecule has 3 rings (SSSR count). The van der Waals surface area contributed by atoms with E-state index in [0.29, 0.717) is 6.54 Å². The predicted octanol–water partition coefficient (Wildman–Crippen LogP) is 2.28. The third-order valence-corrected chi connectivity index (χ3v) is 4.82. The van der Waals surface area contributed by atoms with Gasteiger partial charge in [0.25, 0.3) is 5.91 Å². The van der Waals surface area contributed by atoms with Crippen molar-refractivity contribution in [3.8, 4) is 0 Å². The number of aromatic amines is 2. The highest BCUT2D eigenvalue weighted by atomic mass is 16.1. The van der Waals surface area contributed by atoms with Gasteiger partial charge < -0.3 is 10.3 Å². The summed E-state index contributed by atoms with van der Waals surface area (Å²) in [6.45, 7) is 4.70. The zero-order valence-electron chi connectivity index (χ0n) is 13.7. The normalized spacial score (nSPS) is 17.3. The van der Waals surface area contributed by atoms with Crippen LogP contribution < -0.4 is 5.32 Å². The lowest BCUT2D eigenvalue weighted by atomic mass is 9.73. The van der Waals surface area contributed by atoms with Crippen LogP contribution in [0.1, 0.15) is 73.7 Å². The number of tetrazole rings is 1. The molecule has 0 radical (unpaired) electrons. The highest BCUT2D eigenvalue weighted by Gasteiger charge is 2.38. The maximum atomic E-state index is 12.6. The number of H-pyrrole nitrogens is 2. The van der Waals surface area contributed by atoms with E-state index in [1.807, 2.05) is 12.3 Å². The Morgan fingerprint density at radius 1 is 1.35 bits per heavy atom. The van der Waals surface area contributed by atoms with Gasteiger partial charge in [-0.15, -0.1) is 10.2 Å². The Bertz CT molecular complexity index is 639. The molecule has 1 saturated carbocycles. The number of carbonyl (C=O) groups is 1. The summed E-state index contributed by atoms with van der Waals surface area (Å²) < 4.78 is 0. The van der Waals surface area contributed by atoms with Crippen LogP contribution in [0.25, 0.3) is 0 Å². The SMILES string of the molecule is CC(C)c1[nH]ccc1C(=O)NCC1(c2nn[nH]n2)CCCCC1. The summed E-state index contributed by atoms with van der Waals surface area (Å²) >= 11 is 0. The first kappa shape index (κ1) is 15.7. The molecule has 0 bridgehead atoms. The molecule has 0 aromatic carbocycles. The Morgan fingerprint density at radius 2 is 2.13 bits per heavy atom. The van der Waals surface area contributed by atoms with Crippen molar-refractivity contribution in [2.75, 3.05) is 6.54 Å². The first-order chi connectivity index (χ1) is 11.1. The smallest absolute Gasteiger partial charge is 0.253 e. The van der Waals surface area contributed by atoms with Crippen molar-refractivity contribution in [2.24, 2.45) is 0 Å².